The maximum absolute atomic E-state index is 12.8. The van der Waals surface area contributed by atoms with Crippen molar-refractivity contribution in [3.63, 3.8) is 0 Å². The molecule has 1 unspecified atom stereocenters. The van der Waals surface area contributed by atoms with E-state index in [-0.39, 0.29) is 23.1 Å². The maximum Gasteiger partial charge on any atom is 0.263 e. The fraction of sp³-hybridized carbons (Fsp3) is 0.375. The van der Waals surface area contributed by atoms with E-state index in [1.54, 1.807) is 42.7 Å². The van der Waals surface area contributed by atoms with Crippen LogP contribution in [0.3, 0.4) is 0 Å². The molecule has 0 saturated carbocycles. The molecular weight excluding hydrogens is 280 g/mol. The Bertz CT molecular complexity index is 754. The number of aromatic nitrogens is 3. The summed E-state index contributed by atoms with van der Waals surface area (Å²) >= 11 is 0. The van der Waals surface area contributed by atoms with Crippen LogP contribution >= 0.6 is 0 Å². The Balaban J connectivity index is 1.95. The summed E-state index contributed by atoms with van der Waals surface area (Å²) in [6.45, 7) is 2.48. The van der Waals surface area contributed by atoms with Gasteiger partial charge in [0.15, 0.2) is 0 Å². The van der Waals surface area contributed by atoms with Crippen LogP contribution < -0.4 is 5.56 Å². The van der Waals surface area contributed by atoms with E-state index in [4.69, 9.17) is 0 Å². The minimum Gasteiger partial charge on any atom is -0.330 e. The highest BCUT2D eigenvalue weighted by Crippen LogP contribution is 2.31. The minimum absolute atomic E-state index is 0.104. The number of likely N-dealkylation sites (tertiary alicyclic amines) is 1. The summed E-state index contributed by atoms with van der Waals surface area (Å²) in [5.74, 6) is -0.228. The molecule has 2 aromatic heterocycles. The molecule has 22 heavy (non-hydrogen) atoms. The lowest BCUT2D eigenvalue weighted by Gasteiger charge is -2.24. The summed E-state index contributed by atoms with van der Waals surface area (Å²) in [6.07, 6.45) is 6.67. The largest absolute Gasteiger partial charge is 0.330 e. The van der Waals surface area contributed by atoms with Crippen LogP contribution in [0.5, 0.6) is 0 Å². The number of hydrogen-bond acceptors (Lipinski definition) is 4. The lowest BCUT2D eigenvalue weighted by atomic mass is 10.1. The maximum atomic E-state index is 12.8. The molecule has 0 N–H and O–H groups in total. The van der Waals surface area contributed by atoms with Crippen LogP contribution in [-0.4, -0.2) is 31.9 Å². The van der Waals surface area contributed by atoms with Crippen molar-refractivity contribution in [3.05, 3.63) is 58.0 Å². The van der Waals surface area contributed by atoms with E-state index in [1.807, 2.05) is 6.92 Å². The third-order valence-corrected chi connectivity index (χ3v) is 4.22. The molecule has 6 nitrogen and oxygen atoms in total. The van der Waals surface area contributed by atoms with Crippen molar-refractivity contribution in [3.8, 4) is 0 Å². The summed E-state index contributed by atoms with van der Waals surface area (Å²) in [4.78, 5) is 35.2. The summed E-state index contributed by atoms with van der Waals surface area (Å²) in [5, 5.41) is 0. The molecule has 3 heterocycles. The fourth-order valence-electron chi connectivity index (χ4n) is 2.85. The van der Waals surface area contributed by atoms with E-state index in [9.17, 15) is 9.59 Å². The molecule has 2 aromatic rings. The highest BCUT2D eigenvalue weighted by atomic mass is 16.2. The van der Waals surface area contributed by atoms with E-state index >= 15 is 0 Å². The van der Waals surface area contributed by atoms with Crippen molar-refractivity contribution < 1.29 is 4.79 Å². The molecule has 1 atom stereocenters. The first-order chi connectivity index (χ1) is 10.6. The van der Waals surface area contributed by atoms with Crippen LogP contribution in [-0.2, 0) is 7.05 Å². The van der Waals surface area contributed by atoms with Gasteiger partial charge >= 0.3 is 0 Å². The van der Waals surface area contributed by atoms with Gasteiger partial charge in [0, 0.05) is 31.7 Å². The summed E-state index contributed by atoms with van der Waals surface area (Å²) in [7, 11) is 1.68. The molecule has 0 aromatic carbocycles. The molecule has 1 saturated heterocycles. The van der Waals surface area contributed by atoms with Gasteiger partial charge < -0.3 is 9.47 Å². The monoisotopic (exact) mass is 298 g/mol. The van der Waals surface area contributed by atoms with Gasteiger partial charge in [-0.2, -0.15) is 0 Å². The summed E-state index contributed by atoms with van der Waals surface area (Å²) < 4.78 is 1.50. The quantitative estimate of drug-likeness (QED) is 0.842. The normalized spacial score (nSPS) is 17.7. The van der Waals surface area contributed by atoms with Gasteiger partial charge in [0.2, 0.25) is 0 Å². The number of amides is 1. The molecule has 114 valence electrons. The molecule has 0 aliphatic carbocycles. The number of pyridine rings is 1. The average Bonchev–Trinajstić information content (AvgIpc) is 3.03. The van der Waals surface area contributed by atoms with Crippen LogP contribution in [0.15, 0.2) is 35.5 Å². The summed E-state index contributed by atoms with van der Waals surface area (Å²) in [6, 6.07) is 3.31. The highest BCUT2D eigenvalue weighted by Gasteiger charge is 2.32. The first-order valence-electron chi connectivity index (χ1n) is 7.33. The molecule has 3 rings (SSSR count). The standard InChI is InChI=1S/C16H18N4O2/c1-11-5-6-12(15(21)19(11)2)16(22)20-9-3-4-14(20)13-10-17-7-8-18-13/h5-8,10,14H,3-4,9H2,1-2H3. The Morgan fingerprint density at radius 2 is 2.14 bits per heavy atom. The van der Waals surface area contributed by atoms with Crippen LogP contribution in [0.1, 0.15) is 40.6 Å². The van der Waals surface area contributed by atoms with E-state index in [1.165, 1.54) is 4.57 Å². The molecule has 0 radical (unpaired) electrons. The molecular formula is C16H18N4O2. The van der Waals surface area contributed by atoms with Gasteiger partial charge in [-0.25, -0.2) is 0 Å². The smallest absolute Gasteiger partial charge is 0.263 e. The highest BCUT2D eigenvalue weighted by molar-refractivity contribution is 5.94. The van der Waals surface area contributed by atoms with Gasteiger partial charge in [-0.3, -0.25) is 19.6 Å². The number of rotatable bonds is 2. The number of aryl methyl sites for hydroxylation is 1. The van der Waals surface area contributed by atoms with Crippen LogP contribution in [0.25, 0.3) is 0 Å². The predicted octanol–water partition coefficient (Wildman–Crippen LogP) is 1.46. The second-order valence-corrected chi connectivity index (χ2v) is 5.54. The van der Waals surface area contributed by atoms with Gasteiger partial charge in [-0.05, 0) is 31.9 Å². The van der Waals surface area contributed by atoms with Crippen molar-refractivity contribution in [2.24, 2.45) is 7.05 Å². The second-order valence-electron chi connectivity index (χ2n) is 5.54. The SMILES string of the molecule is Cc1ccc(C(=O)N2CCCC2c2cnccn2)c(=O)n1C. The lowest BCUT2D eigenvalue weighted by Crippen LogP contribution is -2.36. The number of hydrogen-bond donors (Lipinski definition) is 0. The zero-order valence-corrected chi connectivity index (χ0v) is 12.7. The van der Waals surface area contributed by atoms with Crippen molar-refractivity contribution in [1.82, 2.24) is 19.4 Å². The second kappa shape index (κ2) is 5.71. The molecule has 6 heteroatoms. The topological polar surface area (TPSA) is 68.1 Å². The Kier molecular flexibility index (Phi) is 3.75. The van der Waals surface area contributed by atoms with E-state index in [0.717, 1.165) is 24.2 Å². The van der Waals surface area contributed by atoms with Gasteiger partial charge in [0.05, 0.1) is 17.9 Å². The summed E-state index contributed by atoms with van der Waals surface area (Å²) in [5.41, 5.74) is 1.56. The Morgan fingerprint density at radius 3 is 2.86 bits per heavy atom. The zero-order valence-electron chi connectivity index (χ0n) is 12.7. The Morgan fingerprint density at radius 1 is 1.32 bits per heavy atom. The lowest BCUT2D eigenvalue weighted by molar-refractivity contribution is 0.0730. The fourth-order valence-corrected chi connectivity index (χ4v) is 2.85. The third-order valence-electron chi connectivity index (χ3n) is 4.22. The third kappa shape index (κ3) is 2.41. The average molecular weight is 298 g/mol. The van der Waals surface area contributed by atoms with Crippen LogP contribution in [0.4, 0.5) is 0 Å². The minimum atomic E-state index is -0.255. The van der Waals surface area contributed by atoms with Crippen LogP contribution in [0.2, 0.25) is 0 Å². The Hall–Kier alpha value is -2.50. The van der Waals surface area contributed by atoms with E-state index in [0.29, 0.717) is 6.54 Å². The molecule has 0 spiro atoms. The molecule has 1 amide bonds. The Labute approximate surface area is 128 Å². The molecule has 1 aliphatic rings. The van der Waals surface area contributed by atoms with Gasteiger partial charge in [0.25, 0.3) is 11.5 Å². The first-order valence-corrected chi connectivity index (χ1v) is 7.33. The zero-order chi connectivity index (χ0) is 15.7. The van der Waals surface area contributed by atoms with E-state index in [2.05, 4.69) is 9.97 Å². The van der Waals surface area contributed by atoms with Gasteiger partial charge in [-0.1, -0.05) is 0 Å². The van der Waals surface area contributed by atoms with Crippen molar-refractivity contribution in [1.29, 1.82) is 0 Å². The van der Waals surface area contributed by atoms with Gasteiger partial charge in [0.1, 0.15) is 5.56 Å². The van der Waals surface area contributed by atoms with Gasteiger partial charge in [-0.15, -0.1) is 0 Å². The number of carbonyl (C=O) groups is 1. The van der Waals surface area contributed by atoms with E-state index < -0.39 is 0 Å². The number of nitrogens with zero attached hydrogens (tertiary/aromatic N) is 4. The van der Waals surface area contributed by atoms with Crippen molar-refractivity contribution in [2.75, 3.05) is 6.54 Å². The van der Waals surface area contributed by atoms with Crippen molar-refractivity contribution >= 4 is 5.91 Å². The molecule has 1 fully saturated rings. The molecule has 0 bridgehead atoms. The predicted molar refractivity (Wildman–Crippen MR) is 81.5 cm³/mol. The number of carbonyl (C=O) groups excluding carboxylic acids is 1. The molecule has 1 aliphatic heterocycles. The van der Waals surface area contributed by atoms with Crippen molar-refractivity contribution in [2.45, 2.75) is 25.8 Å². The first kappa shape index (κ1) is 14.4. The van der Waals surface area contributed by atoms with Crippen LogP contribution in [0, 0.1) is 6.92 Å².